The van der Waals surface area contributed by atoms with Crippen molar-refractivity contribution in [1.29, 1.82) is 0 Å². The van der Waals surface area contributed by atoms with E-state index in [9.17, 15) is 9.18 Å². The fourth-order valence-electron chi connectivity index (χ4n) is 1.57. The summed E-state index contributed by atoms with van der Waals surface area (Å²) in [5.74, 6) is -0.471. The molecule has 0 aliphatic rings. The highest BCUT2D eigenvalue weighted by atomic mass is 79.9. The minimum absolute atomic E-state index is 0.121. The second-order valence-corrected chi connectivity index (χ2v) is 6.08. The number of carbonyl (C=O) groups is 1. The van der Waals surface area contributed by atoms with Crippen LogP contribution in [0.1, 0.15) is 6.92 Å². The van der Waals surface area contributed by atoms with E-state index in [2.05, 4.69) is 21.2 Å². The van der Waals surface area contributed by atoms with Gasteiger partial charge in [0, 0.05) is 28.1 Å². The van der Waals surface area contributed by atoms with E-state index in [0.717, 1.165) is 10.6 Å². The maximum Gasteiger partial charge on any atom is 0.221 e. The molecule has 0 heterocycles. The second kappa shape index (κ2) is 6.28. The maximum absolute atomic E-state index is 13.5. The maximum atomic E-state index is 13.5. The van der Waals surface area contributed by atoms with E-state index in [1.807, 2.05) is 12.1 Å². The van der Waals surface area contributed by atoms with E-state index in [4.69, 9.17) is 5.73 Å². The van der Waals surface area contributed by atoms with Crippen LogP contribution in [0.5, 0.6) is 0 Å². The Hall–Kier alpha value is -1.53. The molecule has 0 spiro atoms. The number of carbonyl (C=O) groups excluding carboxylic acids is 1. The largest absolute Gasteiger partial charge is 0.398 e. The van der Waals surface area contributed by atoms with Gasteiger partial charge >= 0.3 is 0 Å². The highest BCUT2D eigenvalue weighted by Gasteiger charge is 2.08. The summed E-state index contributed by atoms with van der Waals surface area (Å²) in [5, 5.41) is 2.68. The van der Waals surface area contributed by atoms with Gasteiger partial charge in [-0.25, -0.2) is 4.39 Å². The lowest BCUT2D eigenvalue weighted by Gasteiger charge is -2.08. The Balaban J connectivity index is 2.18. The lowest BCUT2D eigenvalue weighted by molar-refractivity contribution is -0.114. The number of halogens is 2. The van der Waals surface area contributed by atoms with Crippen molar-refractivity contribution in [3.63, 3.8) is 0 Å². The average molecular weight is 355 g/mol. The number of hydrogen-bond acceptors (Lipinski definition) is 3. The fourth-order valence-corrected chi connectivity index (χ4v) is 2.80. The Morgan fingerprint density at radius 3 is 2.55 bits per heavy atom. The van der Waals surface area contributed by atoms with E-state index in [1.54, 1.807) is 18.2 Å². The normalized spacial score (nSPS) is 10.3. The highest BCUT2D eigenvalue weighted by Crippen LogP contribution is 2.35. The number of rotatable bonds is 3. The summed E-state index contributed by atoms with van der Waals surface area (Å²) in [6.07, 6.45) is 0. The molecule has 0 radical (unpaired) electrons. The van der Waals surface area contributed by atoms with E-state index in [-0.39, 0.29) is 11.7 Å². The number of nitrogens with one attached hydrogen (secondary N) is 1. The molecule has 0 aliphatic carbocycles. The van der Waals surface area contributed by atoms with Gasteiger partial charge in [0.05, 0.1) is 4.47 Å². The van der Waals surface area contributed by atoms with Crippen LogP contribution in [0, 0.1) is 5.82 Å². The summed E-state index contributed by atoms with van der Waals surface area (Å²) in [5.41, 5.74) is 7.09. The zero-order valence-electron chi connectivity index (χ0n) is 10.6. The molecular formula is C14H12BrFN2OS. The Kier molecular flexibility index (Phi) is 4.67. The molecule has 0 fully saturated rings. The highest BCUT2D eigenvalue weighted by molar-refractivity contribution is 9.10. The molecule has 6 heteroatoms. The predicted molar refractivity (Wildman–Crippen MR) is 83.4 cm³/mol. The third-order valence-electron chi connectivity index (χ3n) is 2.46. The van der Waals surface area contributed by atoms with Gasteiger partial charge < -0.3 is 11.1 Å². The number of amides is 1. The topological polar surface area (TPSA) is 55.1 Å². The minimum atomic E-state index is -0.350. The van der Waals surface area contributed by atoms with Gasteiger partial charge in [0.25, 0.3) is 0 Å². The number of hydrogen-bond donors (Lipinski definition) is 2. The average Bonchev–Trinajstić information content (AvgIpc) is 2.37. The molecule has 0 bridgehead atoms. The molecule has 2 aromatic carbocycles. The number of nitrogen functional groups attached to an aromatic ring is 1. The van der Waals surface area contributed by atoms with Crippen LogP contribution in [-0.4, -0.2) is 5.91 Å². The molecule has 3 nitrogen and oxygen atoms in total. The number of nitrogens with two attached hydrogens (primary N) is 1. The van der Waals surface area contributed by atoms with Crippen LogP contribution in [0.25, 0.3) is 0 Å². The van der Waals surface area contributed by atoms with Crippen LogP contribution >= 0.6 is 27.7 Å². The van der Waals surface area contributed by atoms with E-state index in [1.165, 1.54) is 24.8 Å². The van der Waals surface area contributed by atoms with E-state index in [0.29, 0.717) is 15.1 Å². The molecule has 20 heavy (non-hydrogen) atoms. The van der Waals surface area contributed by atoms with Gasteiger partial charge in [-0.3, -0.25) is 4.79 Å². The summed E-state index contributed by atoms with van der Waals surface area (Å²) in [4.78, 5) is 12.5. The summed E-state index contributed by atoms with van der Waals surface area (Å²) >= 11 is 4.46. The zero-order chi connectivity index (χ0) is 14.7. The summed E-state index contributed by atoms with van der Waals surface area (Å²) in [7, 11) is 0. The number of benzene rings is 2. The summed E-state index contributed by atoms with van der Waals surface area (Å²) in [6, 6.07) is 10.2. The predicted octanol–water partition coefficient (Wildman–Crippen LogP) is 4.28. The van der Waals surface area contributed by atoms with Gasteiger partial charge in [-0.05, 0) is 52.3 Å². The zero-order valence-corrected chi connectivity index (χ0v) is 13.0. The lowest BCUT2D eigenvalue weighted by atomic mass is 10.3. The van der Waals surface area contributed by atoms with E-state index < -0.39 is 0 Å². The summed E-state index contributed by atoms with van der Waals surface area (Å²) in [6.45, 7) is 1.45. The van der Waals surface area contributed by atoms with Gasteiger partial charge in [0.1, 0.15) is 5.82 Å². The molecule has 104 valence electrons. The van der Waals surface area contributed by atoms with Gasteiger partial charge in [-0.1, -0.05) is 11.8 Å². The molecule has 2 rings (SSSR count). The van der Waals surface area contributed by atoms with Crippen molar-refractivity contribution in [3.8, 4) is 0 Å². The Morgan fingerprint density at radius 2 is 1.95 bits per heavy atom. The third-order valence-corrected chi connectivity index (χ3v) is 4.14. The molecule has 0 saturated heterocycles. The summed E-state index contributed by atoms with van der Waals surface area (Å²) < 4.78 is 13.9. The Labute approximate surface area is 128 Å². The smallest absolute Gasteiger partial charge is 0.221 e. The standard InChI is InChI=1S/C14H12BrFN2OS/c1-8(19)18-9-2-4-10(5-3-9)20-14-7-12(16)11(15)6-13(14)17/h2-7H,17H2,1H3,(H,18,19). The van der Waals surface area contributed by atoms with Crippen molar-refractivity contribution in [3.05, 3.63) is 46.7 Å². The first-order valence-electron chi connectivity index (χ1n) is 5.76. The van der Waals surface area contributed by atoms with Gasteiger partial charge in [-0.15, -0.1) is 0 Å². The monoisotopic (exact) mass is 354 g/mol. The van der Waals surface area contributed by atoms with Crippen LogP contribution in [0.2, 0.25) is 0 Å². The molecule has 2 aromatic rings. The van der Waals surface area contributed by atoms with Crippen LogP contribution < -0.4 is 11.1 Å². The number of anilines is 2. The second-order valence-electron chi connectivity index (χ2n) is 4.11. The van der Waals surface area contributed by atoms with Crippen molar-refractivity contribution in [2.75, 3.05) is 11.1 Å². The lowest BCUT2D eigenvalue weighted by Crippen LogP contribution is -2.05. The van der Waals surface area contributed by atoms with Crippen LogP contribution in [0.4, 0.5) is 15.8 Å². The van der Waals surface area contributed by atoms with Crippen molar-refractivity contribution in [2.45, 2.75) is 16.7 Å². The first-order valence-corrected chi connectivity index (χ1v) is 7.36. The molecule has 0 aromatic heterocycles. The quantitative estimate of drug-likeness (QED) is 0.808. The van der Waals surface area contributed by atoms with Crippen LogP contribution in [-0.2, 0) is 4.79 Å². The van der Waals surface area contributed by atoms with Crippen LogP contribution in [0.15, 0.2) is 50.7 Å². The van der Waals surface area contributed by atoms with Gasteiger partial charge in [-0.2, -0.15) is 0 Å². The first kappa shape index (κ1) is 14.9. The molecule has 1 amide bonds. The van der Waals surface area contributed by atoms with Crippen LogP contribution in [0.3, 0.4) is 0 Å². The van der Waals surface area contributed by atoms with Crippen molar-refractivity contribution in [1.82, 2.24) is 0 Å². The first-order chi connectivity index (χ1) is 9.45. The SMILES string of the molecule is CC(=O)Nc1ccc(Sc2cc(F)c(Br)cc2N)cc1. The van der Waals surface area contributed by atoms with Crippen molar-refractivity contribution in [2.24, 2.45) is 0 Å². The molecular weight excluding hydrogens is 343 g/mol. The minimum Gasteiger partial charge on any atom is -0.398 e. The van der Waals surface area contributed by atoms with Crippen molar-refractivity contribution >= 4 is 45.0 Å². The fraction of sp³-hybridized carbons (Fsp3) is 0.0714. The Bertz CT molecular complexity index is 646. The molecule has 3 N–H and O–H groups in total. The molecule has 0 aliphatic heterocycles. The van der Waals surface area contributed by atoms with E-state index >= 15 is 0 Å². The third kappa shape index (κ3) is 3.74. The molecule has 0 saturated carbocycles. The van der Waals surface area contributed by atoms with Crippen molar-refractivity contribution < 1.29 is 9.18 Å². The van der Waals surface area contributed by atoms with Gasteiger partial charge in [0.2, 0.25) is 5.91 Å². The van der Waals surface area contributed by atoms with Gasteiger partial charge in [0.15, 0.2) is 0 Å². The molecule has 0 atom stereocenters. The Morgan fingerprint density at radius 1 is 1.30 bits per heavy atom. The molecule has 0 unspecified atom stereocenters.